The van der Waals surface area contributed by atoms with Crippen molar-refractivity contribution in [1.82, 2.24) is 0 Å². The Morgan fingerprint density at radius 3 is 2.17 bits per heavy atom. The molecule has 0 aliphatic rings. The first-order chi connectivity index (χ1) is 18.8. The molecule has 0 unspecified atom stereocenters. The number of nitrogens with zero attached hydrogens (tertiary/aromatic N) is 2. The number of nitriles is 1. The van der Waals surface area contributed by atoms with E-state index in [2.05, 4.69) is 6.07 Å². The van der Waals surface area contributed by atoms with Gasteiger partial charge in [0.1, 0.15) is 24.3 Å². The average molecular weight is 469 g/mol. The normalized spacial score (nSPS) is 12.8. The Morgan fingerprint density at radius 2 is 1.44 bits per heavy atom. The lowest BCUT2D eigenvalue weighted by Crippen LogP contribution is -2.30. The number of furan rings is 1. The van der Waals surface area contributed by atoms with Crippen LogP contribution < -0.4 is 4.57 Å². The van der Waals surface area contributed by atoms with Crippen LogP contribution in [0.25, 0.3) is 55.4 Å². The highest BCUT2D eigenvalue weighted by atomic mass is 16.3. The van der Waals surface area contributed by atoms with Crippen LogP contribution in [-0.4, -0.2) is 0 Å². The van der Waals surface area contributed by atoms with Crippen molar-refractivity contribution < 1.29 is 13.1 Å². The number of rotatable bonds is 3. The minimum Gasteiger partial charge on any atom is -0.454 e. The summed E-state index contributed by atoms with van der Waals surface area (Å²) in [4.78, 5) is 0. The molecule has 0 atom stereocenters. The van der Waals surface area contributed by atoms with Gasteiger partial charge in [0.25, 0.3) is 0 Å². The zero-order chi connectivity index (χ0) is 27.3. The Bertz CT molecular complexity index is 1910. The predicted octanol–water partition coefficient (Wildman–Crippen LogP) is 7.90. The van der Waals surface area contributed by atoms with E-state index in [4.69, 9.17) is 8.53 Å². The fourth-order valence-electron chi connectivity index (χ4n) is 5.03. The molecule has 0 amide bonds. The van der Waals surface area contributed by atoms with E-state index in [-0.39, 0.29) is 11.1 Å². The second-order valence-electron chi connectivity index (χ2n) is 9.04. The summed E-state index contributed by atoms with van der Waals surface area (Å²) in [5.74, 6) is 0. The molecular formula is C33H25N2O+. The molecule has 6 rings (SSSR count). The number of aromatic nitrogens is 1. The lowest BCUT2D eigenvalue weighted by Gasteiger charge is -2.10. The summed E-state index contributed by atoms with van der Waals surface area (Å²) in [7, 11) is 1.98. The molecule has 0 aliphatic carbocycles. The van der Waals surface area contributed by atoms with Crippen LogP contribution in [0.3, 0.4) is 0 Å². The van der Waals surface area contributed by atoms with Gasteiger partial charge in [0.05, 0.1) is 11.1 Å². The first-order valence-corrected chi connectivity index (χ1v) is 11.8. The molecule has 6 aromatic rings. The van der Waals surface area contributed by atoms with Gasteiger partial charge in [0, 0.05) is 32.6 Å². The van der Waals surface area contributed by atoms with Crippen molar-refractivity contribution in [3.8, 4) is 39.6 Å². The molecule has 0 bridgehead atoms. The van der Waals surface area contributed by atoms with Gasteiger partial charge in [0.15, 0.2) is 6.20 Å². The van der Waals surface area contributed by atoms with Crippen LogP contribution in [0, 0.1) is 25.1 Å². The lowest BCUT2D eigenvalue weighted by molar-refractivity contribution is -0.660. The number of fused-ring (bicyclic) bond motifs is 3. The topological polar surface area (TPSA) is 40.8 Å². The molecule has 0 fully saturated rings. The van der Waals surface area contributed by atoms with Gasteiger partial charge in [-0.05, 0) is 53.7 Å². The van der Waals surface area contributed by atoms with Gasteiger partial charge in [0.2, 0.25) is 5.69 Å². The molecule has 172 valence electrons. The van der Waals surface area contributed by atoms with E-state index in [1.165, 1.54) is 0 Å². The average Bonchev–Trinajstić information content (AvgIpc) is 3.31. The number of pyridine rings is 1. The van der Waals surface area contributed by atoms with E-state index in [0.29, 0.717) is 22.1 Å². The molecule has 0 N–H and O–H groups in total. The number of hydrogen-bond acceptors (Lipinski definition) is 2. The summed E-state index contributed by atoms with van der Waals surface area (Å²) in [6, 6.07) is 31.6. The minimum atomic E-state index is -2.47. The van der Waals surface area contributed by atoms with Crippen LogP contribution in [0.2, 0.25) is 0 Å². The van der Waals surface area contributed by atoms with Gasteiger partial charge >= 0.3 is 0 Å². The van der Waals surface area contributed by atoms with Gasteiger partial charge in [-0.2, -0.15) is 5.26 Å². The summed E-state index contributed by atoms with van der Waals surface area (Å²) in [6.07, 6.45) is 1.98. The van der Waals surface area contributed by atoms with Crippen molar-refractivity contribution in [2.45, 2.75) is 13.8 Å². The molecule has 2 heterocycles. The number of benzene rings is 4. The fraction of sp³-hybridized carbons (Fsp3) is 0.0909. The van der Waals surface area contributed by atoms with Crippen LogP contribution in [0.4, 0.5) is 0 Å². The van der Waals surface area contributed by atoms with E-state index >= 15 is 0 Å². The third-order valence-electron chi connectivity index (χ3n) is 6.84. The zero-order valence-corrected chi connectivity index (χ0v) is 20.0. The van der Waals surface area contributed by atoms with Crippen molar-refractivity contribution >= 4 is 21.9 Å². The quantitative estimate of drug-likeness (QED) is 0.248. The smallest absolute Gasteiger partial charge is 0.216 e. The Hall–Kier alpha value is -4.68. The molecule has 3 nitrogen and oxygen atoms in total. The van der Waals surface area contributed by atoms with Gasteiger partial charge in [-0.3, -0.25) is 0 Å². The molecule has 0 spiro atoms. The zero-order valence-electron chi connectivity index (χ0n) is 23.0. The van der Waals surface area contributed by atoms with Crippen molar-refractivity contribution in [3.63, 3.8) is 0 Å². The van der Waals surface area contributed by atoms with E-state index in [0.717, 1.165) is 38.9 Å². The second-order valence-corrected chi connectivity index (χ2v) is 9.04. The number of hydrogen-bond donors (Lipinski definition) is 0. The molecule has 0 radical (unpaired) electrons. The first-order valence-electron chi connectivity index (χ1n) is 13.3. The maximum absolute atomic E-state index is 10.3. The van der Waals surface area contributed by atoms with Crippen LogP contribution in [0.1, 0.15) is 20.8 Å². The monoisotopic (exact) mass is 468 g/mol. The van der Waals surface area contributed by atoms with Crippen molar-refractivity contribution in [3.05, 3.63) is 114 Å². The molecule has 0 aliphatic heterocycles. The Morgan fingerprint density at radius 1 is 0.750 bits per heavy atom. The minimum absolute atomic E-state index is 0.0229. The maximum atomic E-state index is 10.3. The molecule has 2 aromatic heterocycles. The van der Waals surface area contributed by atoms with Gasteiger partial charge < -0.3 is 4.42 Å². The van der Waals surface area contributed by atoms with Gasteiger partial charge in [-0.1, -0.05) is 66.7 Å². The molecular weight excluding hydrogens is 440 g/mol. The maximum Gasteiger partial charge on any atom is 0.216 e. The SMILES string of the molecule is [2H]C([2H])([2H])c1cc2c(oc3c(-c4cccc[n+]4C)c(C)ccc32)c(-c2ccc(-c3ccccc3)cc2)c1C#N. The summed E-state index contributed by atoms with van der Waals surface area (Å²) >= 11 is 0. The van der Waals surface area contributed by atoms with Crippen molar-refractivity contribution in [2.75, 3.05) is 0 Å². The second kappa shape index (κ2) is 8.52. The van der Waals surface area contributed by atoms with Crippen LogP contribution in [0.5, 0.6) is 0 Å². The molecule has 3 heteroatoms. The van der Waals surface area contributed by atoms with Crippen LogP contribution in [-0.2, 0) is 7.05 Å². The summed E-state index contributed by atoms with van der Waals surface area (Å²) in [5.41, 5.74) is 7.58. The Labute approximate surface area is 214 Å². The molecule has 36 heavy (non-hydrogen) atoms. The van der Waals surface area contributed by atoms with E-state index in [1.807, 2.05) is 110 Å². The fourth-order valence-corrected chi connectivity index (χ4v) is 5.03. The Balaban J connectivity index is 1.70. The van der Waals surface area contributed by atoms with E-state index in [1.54, 1.807) is 6.07 Å². The molecule has 0 saturated carbocycles. The van der Waals surface area contributed by atoms with Crippen LogP contribution >= 0.6 is 0 Å². The van der Waals surface area contributed by atoms with E-state index < -0.39 is 6.85 Å². The summed E-state index contributed by atoms with van der Waals surface area (Å²) < 4.78 is 33.4. The Kier molecular flexibility index (Phi) is 4.41. The van der Waals surface area contributed by atoms with Crippen molar-refractivity contribution in [2.24, 2.45) is 7.05 Å². The summed E-state index contributed by atoms with van der Waals surface area (Å²) in [6.45, 7) is -0.437. The highest BCUT2D eigenvalue weighted by Gasteiger charge is 2.23. The highest BCUT2D eigenvalue weighted by molar-refractivity contribution is 6.14. The highest BCUT2D eigenvalue weighted by Crippen LogP contribution is 2.43. The number of aryl methyl sites for hydroxylation is 3. The largest absolute Gasteiger partial charge is 0.454 e. The van der Waals surface area contributed by atoms with E-state index in [9.17, 15) is 5.26 Å². The molecule has 4 aromatic carbocycles. The third kappa shape index (κ3) is 3.39. The van der Waals surface area contributed by atoms with Crippen LogP contribution in [0.15, 0.2) is 102 Å². The predicted molar refractivity (Wildman–Crippen MR) is 145 cm³/mol. The summed E-state index contributed by atoms with van der Waals surface area (Å²) in [5, 5.41) is 11.7. The van der Waals surface area contributed by atoms with Gasteiger partial charge in [-0.15, -0.1) is 0 Å². The lowest BCUT2D eigenvalue weighted by atomic mass is 9.92. The van der Waals surface area contributed by atoms with Crippen molar-refractivity contribution in [1.29, 1.82) is 5.26 Å². The molecule has 0 saturated heterocycles. The standard InChI is InChI=1S/C33H25N2O/c1-21-12-17-26-27-19-22(2)28(20-34)31(25-15-13-24(14-16-25)23-9-5-4-6-10-23)33(27)36-32(26)30(21)29-11-7-8-18-35(29)3/h4-19H,1-3H3/q+1/i2D3. The first kappa shape index (κ1) is 18.6. The third-order valence-corrected chi connectivity index (χ3v) is 6.84. The van der Waals surface area contributed by atoms with Gasteiger partial charge in [-0.25, -0.2) is 4.57 Å².